The largest absolute Gasteiger partial charge is 0.424 e. The van der Waals surface area contributed by atoms with Crippen LogP contribution in [0.2, 0.25) is 5.02 Å². The molecule has 2 N–H and O–H groups in total. The summed E-state index contributed by atoms with van der Waals surface area (Å²) in [5.41, 5.74) is 6.80. The lowest BCUT2D eigenvalue weighted by atomic mass is 10.2. The number of ether oxygens (including phenoxy) is 1. The number of rotatable bonds is 4. The van der Waals surface area contributed by atoms with Crippen molar-refractivity contribution in [1.82, 2.24) is 14.8 Å². The second kappa shape index (κ2) is 5.59. The molecule has 5 nitrogen and oxygen atoms in total. The summed E-state index contributed by atoms with van der Waals surface area (Å²) >= 11 is 5.98. The van der Waals surface area contributed by atoms with E-state index in [1.165, 1.54) is 0 Å². The van der Waals surface area contributed by atoms with Crippen LogP contribution in [0, 0.1) is 6.92 Å². The summed E-state index contributed by atoms with van der Waals surface area (Å²) in [5.74, 6) is 1.39. The zero-order valence-corrected chi connectivity index (χ0v) is 12.0. The van der Waals surface area contributed by atoms with Crippen LogP contribution < -0.4 is 10.5 Å². The minimum Gasteiger partial charge on any atom is -0.424 e. The number of aryl methyl sites for hydroxylation is 1. The Morgan fingerprint density at radius 1 is 1.42 bits per heavy atom. The molecule has 0 radical (unpaired) electrons. The van der Waals surface area contributed by atoms with E-state index in [-0.39, 0.29) is 6.04 Å². The monoisotopic (exact) mass is 280 g/mol. The van der Waals surface area contributed by atoms with Gasteiger partial charge in [-0.05, 0) is 44.5 Å². The second-order valence-corrected chi connectivity index (χ2v) is 4.79. The Hall–Kier alpha value is -1.59. The van der Waals surface area contributed by atoms with E-state index in [0.717, 1.165) is 5.56 Å². The van der Waals surface area contributed by atoms with E-state index in [0.29, 0.717) is 29.2 Å². The lowest BCUT2D eigenvalue weighted by Crippen LogP contribution is -2.13. The number of hydrogen-bond donors (Lipinski definition) is 1. The number of halogens is 1. The molecule has 1 aromatic heterocycles. The Balaban J connectivity index is 2.30. The summed E-state index contributed by atoms with van der Waals surface area (Å²) in [6.45, 7) is 6.49. The highest BCUT2D eigenvalue weighted by Gasteiger charge is 2.15. The first-order chi connectivity index (χ1) is 9.02. The zero-order chi connectivity index (χ0) is 14.0. The fraction of sp³-hybridized carbons (Fsp3) is 0.385. The lowest BCUT2D eigenvalue weighted by molar-refractivity contribution is 0.409. The first kappa shape index (κ1) is 13.8. The van der Waals surface area contributed by atoms with Crippen LogP contribution >= 0.6 is 11.6 Å². The van der Waals surface area contributed by atoms with E-state index in [2.05, 4.69) is 10.2 Å². The average Bonchev–Trinajstić information content (AvgIpc) is 2.76. The van der Waals surface area contributed by atoms with Crippen molar-refractivity contribution in [2.24, 2.45) is 5.73 Å². The SMILES string of the molecule is CCn1c(Oc2ccc(Cl)c(C)c2)nnc1[C@@H](C)N. The van der Waals surface area contributed by atoms with Crippen LogP contribution in [0.4, 0.5) is 0 Å². The molecule has 0 aliphatic rings. The van der Waals surface area contributed by atoms with Gasteiger partial charge in [0.2, 0.25) is 0 Å². The Kier molecular flexibility index (Phi) is 4.07. The van der Waals surface area contributed by atoms with Gasteiger partial charge in [0, 0.05) is 11.6 Å². The van der Waals surface area contributed by atoms with Crippen molar-refractivity contribution >= 4 is 11.6 Å². The molecule has 2 aromatic rings. The molecule has 19 heavy (non-hydrogen) atoms. The Bertz CT molecular complexity index is 580. The van der Waals surface area contributed by atoms with Gasteiger partial charge in [0.25, 0.3) is 0 Å². The van der Waals surface area contributed by atoms with Crippen molar-refractivity contribution in [3.63, 3.8) is 0 Å². The Labute approximate surface area is 117 Å². The highest BCUT2D eigenvalue weighted by Crippen LogP contribution is 2.26. The van der Waals surface area contributed by atoms with Gasteiger partial charge in [-0.15, -0.1) is 5.10 Å². The normalized spacial score (nSPS) is 12.5. The van der Waals surface area contributed by atoms with Crippen LogP contribution in [0.15, 0.2) is 18.2 Å². The third-order valence-corrected chi connectivity index (χ3v) is 3.23. The predicted octanol–water partition coefficient (Wildman–Crippen LogP) is 3.07. The standard InChI is InChI=1S/C13H17ClN4O/c1-4-18-12(9(3)15)16-17-13(18)19-10-5-6-11(14)8(2)7-10/h5-7,9H,4,15H2,1-3H3/t9-/m1/s1. The van der Waals surface area contributed by atoms with E-state index in [4.69, 9.17) is 22.1 Å². The number of aromatic nitrogens is 3. The first-order valence-electron chi connectivity index (χ1n) is 6.15. The van der Waals surface area contributed by atoms with Gasteiger partial charge < -0.3 is 10.5 Å². The van der Waals surface area contributed by atoms with E-state index in [9.17, 15) is 0 Å². The fourth-order valence-corrected chi connectivity index (χ4v) is 1.91. The van der Waals surface area contributed by atoms with Crippen molar-refractivity contribution in [1.29, 1.82) is 0 Å². The molecule has 0 unspecified atom stereocenters. The van der Waals surface area contributed by atoms with E-state index in [1.807, 2.05) is 31.4 Å². The lowest BCUT2D eigenvalue weighted by Gasteiger charge is -2.10. The van der Waals surface area contributed by atoms with E-state index < -0.39 is 0 Å². The number of hydrogen-bond acceptors (Lipinski definition) is 4. The maximum absolute atomic E-state index is 5.98. The van der Waals surface area contributed by atoms with E-state index >= 15 is 0 Å². The topological polar surface area (TPSA) is 66.0 Å². The van der Waals surface area contributed by atoms with Gasteiger partial charge in [0.1, 0.15) is 5.75 Å². The molecule has 1 heterocycles. The molecular weight excluding hydrogens is 264 g/mol. The summed E-state index contributed by atoms with van der Waals surface area (Å²) in [5, 5.41) is 8.80. The summed E-state index contributed by atoms with van der Waals surface area (Å²) in [4.78, 5) is 0. The summed E-state index contributed by atoms with van der Waals surface area (Å²) in [7, 11) is 0. The van der Waals surface area contributed by atoms with Crippen molar-refractivity contribution < 1.29 is 4.74 Å². The van der Waals surface area contributed by atoms with Gasteiger partial charge in [-0.3, -0.25) is 4.57 Å². The first-order valence-corrected chi connectivity index (χ1v) is 6.53. The number of nitrogens with zero attached hydrogens (tertiary/aromatic N) is 3. The number of benzene rings is 1. The number of nitrogens with two attached hydrogens (primary N) is 1. The summed E-state index contributed by atoms with van der Waals surface area (Å²) < 4.78 is 7.60. The van der Waals surface area contributed by atoms with Gasteiger partial charge in [0.05, 0.1) is 6.04 Å². The van der Waals surface area contributed by atoms with Crippen LogP contribution in [0.25, 0.3) is 0 Å². The van der Waals surface area contributed by atoms with Gasteiger partial charge in [0.15, 0.2) is 5.82 Å². The van der Waals surface area contributed by atoms with E-state index in [1.54, 1.807) is 12.1 Å². The van der Waals surface area contributed by atoms with Crippen molar-refractivity contribution in [2.45, 2.75) is 33.4 Å². The second-order valence-electron chi connectivity index (χ2n) is 4.39. The molecule has 2 rings (SSSR count). The quantitative estimate of drug-likeness (QED) is 0.935. The smallest absolute Gasteiger partial charge is 0.322 e. The van der Waals surface area contributed by atoms with Crippen LogP contribution in [-0.2, 0) is 6.54 Å². The maximum Gasteiger partial charge on any atom is 0.322 e. The van der Waals surface area contributed by atoms with Gasteiger partial charge in [-0.25, -0.2) is 0 Å². The third-order valence-electron chi connectivity index (χ3n) is 2.81. The third kappa shape index (κ3) is 2.88. The van der Waals surface area contributed by atoms with Gasteiger partial charge in [-0.2, -0.15) is 0 Å². The minimum absolute atomic E-state index is 0.184. The van der Waals surface area contributed by atoms with Gasteiger partial charge in [-0.1, -0.05) is 16.7 Å². The Morgan fingerprint density at radius 2 is 2.16 bits per heavy atom. The molecule has 102 valence electrons. The average molecular weight is 281 g/mol. The molecule has 0 amide bonds. The van der Waals surface area contributed by atoms with Crippen LogP contribution in [0.5, 0.6) is 11.8 Å². The minimum atomic E-state index is -0.184. The van der Waals surface area contributed by atoms with Gasteiger partial charge >= 0.3 is 6.01 Å². The maximum atomic E-state index is 5.98. The van der Waals surface area contributed by atoms with Crippen LogP contribution in [0.1, 0.15) is 31.3 Å². The molecule has 1 atom stereocenters. The molecule has 0 aliphatic heterocycles. The fourth-order valence-electron chi connectivity index (χ4n) is 1.80. The van der Waals surface area contributed by atoms with Crippen molar-refractivity contribution in [3.8, 4) is 11.8 Å². The summed E-state index contributed by atoms with van der Waals surface area (Å²) in [6.07, 6.45) is 0. The molecule has 0 saturated heterocycles. The zero-order valence-electron chi connectivity index (χ0n) is 11.2. The molecule has 0 bridgehead atoms. The molecule has 0 saturated carbocycles. The highest BCUT2D eigenvalue weighted by atomic mass is 35.5. The predicted molar refractivity (Wildman–Crippen MR) is 74.6 cm³/mol. The summed E-state index contributed by atoms with van der Waals surface area (Å²) in [6, 6.07) is 5.72. The van der Waals surface area contributed by atoms with Crippen LogP contribution in [0.3, 0.4) is 0 Å². The van der Waals surface area contributed by atoms with Crippen molar-refractivity contribution in [3.05, 3.63) is 34.6 Å². The van der Waals surface area contributed by atoms with Crippen LogP contribution in [-0.4, -0.2) is 14.8 Å². The molecule has 0 fully saturated rings. The molecular formula is C13H17ClN4O. The molecule has 0 aliphatic carbocycles. The molecule has 1 aromatic carbocycles. The molecule has 0 spiro atoms. The highest BCUT2D eigenvalue weighted by molar-refractivity contribution is 6.31. The Morgan fingerprint density at radius 3 is 2.74 bits per heavy atom. The molecule has 6 heteroatoms. The van der Waals surface area contributed by atoms with Crippen molar-refractivity contribution in [2.75, 3.05) is 0 Å².